The van der Waals surface area contributed by atoms with Crippen molar-refractivity contribution in [1.29, 1.82) is 0 Å². The minimum atomic E-state index is -0.352. The van der Waals surface area contributed by atoms with Crippen molar-refractivity contribution in [1.82, 2.24) is 19.9 Å². The summed E-state index contributed by atoms with van der Waals surface area (Å²) in [5.41, 5.74) is 1.58. The smallest absolute Gasteiger partial charge is 0.225 e. The Morgan fingerprint density at radius 1 is 1.21 bits per heavy atom. The molecule has 4 rings (SSSR count). The second-order valence-corrected chi connectivity index (χ2v) is 8.50. The first-order chi connectivity index (χ1) is 13.6. The number of aryl methyl sites for hydroxylation is 2. The molecule has 0 aromatic carbocycles. The Bertz CT molecular complexity index is 832. The minimum Gasteiger partial charge on any atom is -0.372 e. The molecule has 2 aromatic heterocycles. The molecular formula is C20H27N5O2S. The third kappa shape index (κ3) is 4.03. The molecule has 2 aromatic rings. The van der Waals surface area contributed by atoms with E-state index in [1.807, 2.05) is 11.8 Å². The van der Waals surface area contributed by atoms with Crippen LogP contribution in [-0.4, -0.2) is 57.6 Å². The maximum Gasteiger partial charge on any atom is 0.225 e. The number of rotatable bonds is 4. The van der Waals surface area contributed by atoms with Gasteiger partial charge in [-0.1, -0.05) is 6.92 Å². The van der Waals surface area contributed by atoms with Crippen molar-refractivity contribution >= 4 is 23.1 Å². The van der Waals surface area contributed by atoms with Gasteiger partial charge in [0, 0.05) is 37.4 Å². The van der Waals surface area contributed by atoms with Crippen LogP contribution in [0.2, 0.25) is 0 Å². The molecular weight excluding hydrogens is 374 g/mol. The molecule has 4 heterocycles. The quantitative estimate of drug-likeness (QED) is 0.784. The Balaban J connectivity index is 1.39. The van der Waals surface area contributed by atoms with Gasteiger partial charge in [0.2, 0.25) is 5.91 Å². The highest BCUT2D eigenvalue weighted by atomic mass is 32.1. The minimum absolute atomic E-state index is 0.174. The molecule has 1 amide bonds. The Morgan fingerprint density at radius 2 is 2.00 bits per heavy atom. The van der Waals surface area contributed by atoms with E-state index in [2.05, 4.69) is 32.2 Å². The zero-order valence-electron chi connectivity index (χ0n) is 16.6. The number of thiazole rings is 1. The highest BCUT2D eigenvalue weighted by Crippen LogP contribution is 2.34. The molecule has 0 aliphatic carbocycles. The summed E-state index contributed by atoms with van der Waals surface area (Å²) in [5, 5.41) is 3.19. The summed E-state index contributed by atoms with van der Waals surface area (Å²) in [4.78, 5) is 30.5. The van der Waals surface area contributed by atoms with Gasteiger partial charge in [0.05, 0.1) is 41.6 Å². The third-order valence-electron chi connectivity index (χ3n) is 5.68. The molecule has 2 aliphatic rings. The molecule has 2 saturated heterocycles. The van der Waals surface area contributed by atoms with E-state index in [1.54, 1.807) is 23.7 Å². The predicted octanol–water partition coefficient (Wildman–Crippen LogP) is 2.59. The number of nitrogens with zero attached hydrogens (tertiary/aromatic N) is 5. The molecule has 2 fully saturated rings. The number of anilines is 1. The van der Waals surface area contributed by atoms with Gasteiger partial charge in [-0.05, 0) is 26.2 Å². The van der Waals surface area contributed by atoms with E-state index in [0.29, 0.717) is 26.1 Å². The molecule has 7 nitrogen and oxygen atoms in total. The van der Waals surface area contributed by atoms with Crippen LogP contribution in [0, 0.1) is 6.92 Å². The molecule has 0 unspecified atom stereocenters. The molecule has 28 heavy (non-hydrogen) atoms. The van der Waals surface area contributed by atoms with Gasteiger partial charge in [0.15, 0.2) is 0 Å². The van der Waals surface area contributed by atoms with Gasteiger partial charge in [-0.3, -0.25) is 9.78 Å². The van der Waals surface area contributed by atoms with Crippen molar-refractivity contribution in [2.75, 3.05) is 31.1 Å². The van der Waals surface area contributed by atoms with Crippen molar-refractivity contribution in [3.05, 3.63) is 34.2 Å². The Morgan fingerprint density at radius 3 is 2.71 bits per heavy atom. The highest BCUT2D eigenvalue weighted by Gasteiger charge is 2.41. The zero-order valence-corrected chi connectivity index (χ0v) is 17.4. The zero-order chi connectivity index (χ0) is 19.6. The molecule has 1 spiro atoms. The van der Waals surface area contributed by atoms with Gasteiger partial charge in [-0.2, -0.15) is 0 Å². The molecule has 0 bridgehead atoms. The summed E-state index contributed by atoms with van der Waals surface area (Å²) in [5.74, 6) is 1.11. The maximum atomic E-state index is 13.0. The summed E-state index contributed by atoms with van der Waals surface area (Å²) < 4.78 is 6.27. The Labute approximate surface area is 169 Å². The molecule has 0 saturated carbocycles. The van der Waals surface area contributed by atoms with Gasteiger partial charge in [-0.15, -0.1) is 11.3 Å². The fourth-order valence-corrected chi connectivity index (χ4v) is 4.78. The topological polar surface area (TPSA) is 71.5 Å². The molecule has 0 atom stereocenters. The van der Waals surface area contributed by atoms with Crippen LogP contribution in [0.25, 0.3) is 0 Å². The molecule has 0 N–H and O–H groups in total. The van der Waals surface area contributed by atoms with Crippen LogP contribution in [-0.2, 0) is 22.5 Å². The fraction of sp³-hybridized carbons (Fsp3) is 0.600. The fourth-order valence-electron chi connectivity index (χ4n) is 4.04. The van der Waals surface area contributed by atoms with Crippen LogP contribution >= 0.6 is 11.3 Å². The normalized spacial score (nSPS) is 19.9. The summed E-state index contributed by atoms with van der Waals surface area (Å²) in [6.07, 6.45) is 6.51. The van der Waals surface area contributed by atoms with Crippen molar-refractivity contribution in [2.24, 2.45) is 0 Å². The van der Waals surface area contributed by atoms with Gasteiger partial charge < -0.3 is 14.5 Å². The van der Waals surface area contributed by atoms with E-state index in [4.69, 9.17) is 4.74 Å². The average molecular weight is 402 g/mol. The first-order valence-electron chi connectivity index (χ1n) is 9.96. The lowest BCUT2D eigenvalue weighted by Gasteiger charge is -2.41. The van der Waals surface area contributed by atoms with Crippen LogP contribution in [0.4, 0.5) is 5.82 Å². The van der Waals surface area contributed by atoms with Crippen molar-refractivity contribution in [2.45, 2.75) is 51.7 Å². The van der Waals surface area contributed by atoms with E-state index < -0.39 is 0 Å². The number of hydrogen-bond acceptors (Lipinski definition) is 7. The van der Waals surface area contributed by atoms with Crippen LogP contribution < -0.4 is 4.90 Å². The van der Waals surface area contributed by atoms with E-state index in [0.717, 1.165) is 54.6 Å². The lowest BCUT2D eigenvalue weighted by atomic mass is 9.87. The Kier molecular flexibility index (Phi) is 5.59. The summed E-state index contributed by atoms with van der Waals surface area (Å²) in [7, 11) is 0. The summed E-state index contributed by atoms with van der Waals surface area (Å²) in [6.45, 7) is 7.55. The number of piperidine rings is 1. The van der Waals surface area contributed by atoms with E-state index in [9.17, 15) is 4.79 Å². The van der Waals surface area contributed by atoms with E-state index in [1.165, 1.54) is 0 Å². The second kappa shape index (κ2) is 8.13. The van der Waals surface area contributed by atoms with E-state index in [-0.39, 0.29) is 11.5 Å². The lowest BCUT2D eigenvalue weighted by molar-refractivity contribution is -0.134. The number of aromatic nitrogens is 3. The monoisotopic (exact) mass is 401 g/mol. The van der Waals surface area contributed by atoms with Gasteiger partial charge in [-0.25, -0.2) is 9.97 Å². The Hall–Kier alpha value is -2.06. The van der Waals surface area contributed by atoms with Crippen LogP contribution in [0.5, 0.6) is 0 Å². The standard InChI is InChI=1S/C20H27N5O2S/c1-3-17-23-16(14-28-17)13-25-10-11-27-20(12-18(25)26)4-8-24(9-5-20)19-15(2)21-6-7-22-19/h6-7,14H,3-5,8-13H2,1-2H3. The maximum absolute atomic E-state index is 13.0. The molecule has 8 heteroatoms. The largest absolute Gasteiger partial charge is 0.372 e. The number of carbonyl (C=O) groups excluding carboxylic acids is 1. The number of carbonyl (C=O) groups is 1. The SMILES string of the molecule is CCc1nc(CN2CCOC3(CCN(c4nccnc4C)CC3)CC2=O)cs1. The molecule has 150 valence electrons. The first-order valence-corrected chi connectivity index (χ1v) is 10.8. The molecule has 0 radical (unpaired) electrons. The summed E-state index contributed by atoms with van der Waals surface area (Å²) >= 11 is 1.67. The van der Waals surface area contributed by atoms with Crippen molar-refractivity contribution in [3.8, 4) is 0 Å². The van der Waals surface area contributed by atoms with E-state index >= 15 is 0 Å². The third-order valence-corrected chi connectivity index (χ3v) is 6.72. The van der Waals surface area contributed by atoms with Gasteiger partial charge in [0.25, 0.3) is 0 Å². The first kappa shape index (κ1) is 19.3. The van der Waals surface area contributed by atoms with Gasteiger partial charge in [0.1, 0.15) is 5.82 Å². The lowest BCUT2D eigenvalue weighted by Crippen LogP contribution is -2.47. The number of amides is 1. The average Bonchev–Trinajstić information content (AvgIpc) is 3.10. The van der Waals surface area contributed by atoms with Crippen LogP contribution in [0.15, 0.2) is 17.8 Å². The van der Waals surface area contributed by atoms with Crippen LogP contribution in [0.1, 0.15) is 42.6 Å². The molecule has 2 aliphatic heterocycles. The summed E-state index contributed by atoms with van der Waals surface area (Å²) in [6, 6.07) is 0. The number of hydrogen-bond donors (Lipinski definition) is 0. The highest BCUT2D eigenvalue weighted by molar-refractivity contribution is 7.09. The van der Waals surface area contributed by atoms with Crippen LogP contribution in [0.3, 0.4) is 0 Å². The number of ether oxygens (including phenoxy) is 1. The predicted molar refractivity (Wildman–Crippen MR) is 108 cm³/mol. The van der Waals surface area contributed by atoms with Gasteiger partial charge >= 0.3 is 0 Å². The second-order valence-electron chi connectivity index (χ2n) is 7.56. The van der Waals surface area contributed by atoms with Crippen molar-refractivity contribution < 1.29 is 9.53 Å². The van der Waals surface area contributed by atoms with Crippen molar-refractivity contribution in [3.63, 3.8) is 0 Å².